The number of hydrogen-bond acceptors (Lipinski definition) is 5. The number of aliphatic hydroxyl groups is 1. The van der Waals surface area contributed by atoms with Crippen molar-refractivity contribution in [2.45, 2.75) is 32.4 Å². The third-order valence-electron chi connectivity index (χ3n) is 2.46. The fourth-order valence-electron chi connectivity index (χ4n) is 1.44. The van der Waals surface area contributed by atoms with Crippen LogP contribution in [0.4, 0.5) is 11.6 Å². The monoisotopic (exact) mass is 373 g/mol. The quantitative estimate of drug-likeness (QED) is 0.786. The molecule has 0 atom stereocenters. The number of rotatable bonds is 5. The van der Waals surface area contributed by atoms with E-state index in [1.807, 2.05) is 6.20 Å². The molecule has 0 aliphatic rings. The summed E-state index contributed by atoms with van der Waals surface area (Å²) in [7, 11) is 0. The first-order valence-corrected chi connectivity index (χ1v) is 7.00. The van der Waals surface area contributed by atoms with Crippen LogP contribution in [0, 0.1) is 3.57 Å². The molecule has 19 heavy (non-hydrogen) atoms. The topological polar surface area (TPSA) is 75.9 Å². The van der Waals surface area contributed by atoms with Crippen LogP contribution in [0.25, 0.3) is 0 Å². The molecule has 2 heterocycles. The molecule has 0 aliphatic heterocycles. The predicted octanol–water partition coefficient (Wildman–Crippen LogP) is 2.18. The van der Waals surface area contributed by atoms with Gasteiger partial charge in [-0.25, -0.2) is 9.97 Å². The van der Waals surface area contributed by atoms with Gasteiger partial charge in [-0.1, -0.05) is 0 Å². The molecule has 2 aromatic heterocycles. The molecule has 102 valence electrons. The molecule has 0 bridgehead atoms. The zero-order valence-corrected chi connectivity index (χ0v) is 13.0. The summed E-state index contributed by atoms with van der Waals surface area (Å²) in [5.41, 5.74) is 0.149. The highest BCUT2D eigenvalue weighted by Crippen LogP contribution is 2.14. The Hall–Kier alpha value is -1.22. The van der Waals surface area contributed by atoms with Gasteiger partial charge in [0.1, 0.15) is 0 Å². The zero-order chi connectivity index (χ0) is 13.9. The van der Waals surface area contributed by atoms with Gasteiger partial charge in [0.25, 0.3) is 0 Å². The van der Waals surface area contributed by atoms with Gasteiger partial charge in [-0.05, 0) is 42.9 Å². The molecule has 0 fully saturated rings. The van der Waals surface area contributed by atoms with Gasteiger partial charge in [0.2, 0.25) is 5.95 Å². The summed E-state index contributed by atoms with van der Waals surface area (Å²) >= 11 is 2.16. The summed E-state index contributed by atoms with van der Waals surface area (Å²) in [6, 6.07) is 0. The van der Waals surface area contributed by atoms with Gasteiger partial charge in [-0.2, -0.15) is 5.10 Å². The van der Waals surface area contributed by atoms with Crippen LogP contribution >= 0.6 is 22.6 Å². The van der Waals surface area contributed by atoms with Crippen LogP contribution in [0.3, 0.4) is 0 Å². The van der Waals surface area contributed by atoms with E-state index in [-0.39, 0.29) is 0 Å². The number of halogens is 1. The van der Waals surface area contributed by atoms with Gasteiger partial charge in [0, 0.05) is 28.7 Å². The summed E-state index contributed by atoms with van der Waals surface area (Å²) in [4.78, 5) is 8.32. The average Bonchev–Trinajstić information content (AvgIpc) is 2.77. The van der Waals surface area contributed by atoms with Crippen LogP contribution in [0.5, 0.6) is 0 Å². The lowest BCUT2D eigenvalue weighted by Crippen LogP contribution is -2.21. The van der Waals surface area contributed by atoms with Gasteiger partial charge in [-0.15, -0.1) is 0 Å². The van der Waals surface area contributed by atoms with Gasteiger partial charge >= 0.3 is 0 Å². The van der Waals surface area contributed by atoms with Crippen molar-refractivity contribution < 1.29 is 5.11 Å². The highest BCUT2D eigenvalue weighted by atomic mass is 127. The molecule has 0 aromatic carbocycles. The van der Waals surface area contributed by atoms with Crippen LogP contribution < -0.4 is 5.32 Å². The standard InChI is InChI=1S/C12H16IN5O/c1-12(2,19)3-4-18-8-10(7-16-18)17-11-14-5-9(13)6-15-11/h5-8,19H,3-4H2,1-2H3,(H,14,15,17). The molecule has 0 saturated heterocycles. The molecule has 2 rings (SSSR count). The van der Waals surface area contributed by atoms with Gasteiger partial charge in [0.05, 0.1) is 17.5 Å². The maximum absolute atomic E-state index is 9.67. The largest absolute Gasteiger partial charge is 0.390 e. The van der Waals surface area contributed by atoms with Crippen molar-refractivity contribution in [3.8, 4) is 0 Å². The van der Waals surface area contributed by atoms with E-state index in [1.165, 1.54) is 0 Å². The van der Waals surface area contributed by atoms with E-state index >= 15 is 0 Å². The summed E-state index contributed by atoms with van der Waals surface area (Å²) in [5.74, 6) is 0.544. The van der Waals surface area contributed by atoms with Crippen LogP contribution in [0.2, 0.25) is 0 Å². The second-order valence-electron chi connectivity index (χ2n) is 4.90. The first kappa shape index (κ1) is 14.2. The Morgan fingerprint density at radius 1 is 1.32 bits per heavy atom. The molecular weight excluding hydrogens is 357 g/mol. The first-order chi connectivity index (χ1) is 8.92. The molecule has 2 aromatic rings. The maximum atomic E-state index is 9.67. The fraction of sp³-hybridized carbons (Fsp3) is 0.417. The van der Waals surface area contributed by atoms with E-state index in [9.17, 15) is 5.11 Å². The second-order valence-corrected chi connectivity index (χ2v) is 6.15. The average molecular weight is 373 g/mol. The first-order valence-electron chi connectivity index (χ1n) is 5.92. The molecule has 0 amide bonds. The minimum absolute atomic E-state index is 0.544. The Labute approximate surface area is 125 Å². The number of anilines is 2. The molecule has 2 N–H and O–H groups in total. The molecular formula is C12H16IN5O. The number of aromatic nitrogens is 4. The highest BCUT2D eigenvalue weighted by Gasteiger charge is 2.12. The van der Waals surface area contributed by atoms with Crippen molar-refractivity contribution in [3.05, 3.63) is 28.4 Å². The maximum Gasteiger partial charge on any atom is 0.227 e. The minimum Gasteiger partial charge on any atom is -0.390 e. The molecule has 0 unspecified atom stereocenters. The molecule has 0 aliphatic carbocycles. The number of nitrogens with one attached hydrogen (secondary N) is 1. The van der Waals surface area contributed by atoms with Crippen molar-refractivity contribution in [2.75, 3.05) is 5.32 Å². The SMILES string of the molecule is CC(C)(O)CCn1cc(Nc2ncc(I)cn2)cn1. The van der Waals surface area contributed by atoms with Gasteiger partial charge in [-0.3, -0.25) is 4.68 Å². The van der Waals surface area contributed by atoms with Crippen molar-refractivity contribution in [2.24, 2.45) is 0 Å². The lowest BCUT2D eigenvalue weighted by atomic mass is 10.1. The van der Waals surface area contributed by atoms with Crippen LogP contribution in [0.1, 0.15) is 20.3 Å². The Bertz CT molecular complexity index is 532. The fourth-order valence-corrected chi connectivity index (χ4v) is 1.72. The Kier molecular flexibility index (Phi) is 4.35. The lowest BCUT2D eigenvalue weighted by Gasteiger charge is -2.16. The van der Waals surface area contributed by atoms with Gasteiger partial charge < -0.3 is 10.4 Å². The second kappa shape index (κ2) is 5.83. The number of aryl methyl sites for hydroxylation is 1. The molecule has 7 heteroatoms. The molecule has 0 radical (unpaired) electrons. The van der Waals surface area contributed by atoms with E-state index in [4.69, 9.17) is 0 Å². The molecule has 0 spiro atoms. The Morgan fingerprint density at radius 2 is 2.00 bits per heavy atom. The Balaban J connectivity index is 1.95. The van der Waals surface area contributed by atoms with Crippen molar-refractivity contribution in [1.29, 1.82) is 0 Å². The zero-order valence-electron chi connectivity index (χ0n) is 10.8. The summed E-state index contributed by atoms with van der Waals surface area (Å²) in [5, 5.41) is 17.0. The van der Waals surface area contributed by atoms with E-state index in [1.54, 1.807) is 37.1 Å². The lowest BCUT2D eigenvalue weighted by molar-refractivity contribution is 0.0651. The molecule has 0 saturated carbocycles. The van der Waals surface area contributed by atoms with E-state index in [0.29, 0.717) is 18.9 Å². The van der Waals surface area contributed by atoms with Crippen molar-refractivity contribution >= 4 is 34.2 Å². The van der Waals surface area contributed by atoms with Crippen LogP contribution in [-0.2, 0) is 6.54 Å². The smallest absolute Gasteiger partial charge is 0.227 e. The minimum atomic E-state index is -0.682. The summed E-state index contributed by atoms with van der Waals surface area (Å²) in [6.07, 6.45) is 7.72. The highest BCUT2D eigenvalue weighted by molar-refractivity contribution is 14.1. The summed E-state index contributed by atoms with van der Waals surface area (Å²) < 4.78 is 2.77. The van der Waals surface area contributed by atoms with Crippen LogP contribution in [-0.4, -0.2) is 30.5 Å². The normalized spacial score (nSPS) is 11.6. The van der Waals surface area contributed by atoms with E-state index < -0.39 is 5.60 Å². The third-order valence-corrected chi connectivity index (χ3v) is 3.02. The van der Waals surface area contributed by atoms with Crippen molar-refractivity contribution in [3.63, 3.8) is 0 Å². The summed E-state index contributed by atoms with van der Waals surface area (Å²) in [6.45, 7) is 4.24. The van der Waals surface area contributed by atoms with Crippen molar-refractivity contribution in [1.82, 2.24) is 19.7 Å². The van der Waals surface area contributed by atoms with Crippen LogP contribution in [0.15, 0.2) is 24.8 Å². The third kappa shape index (κ3) is 4.75. The van der Waals surface area contributed by atoms with Gasteiger partial charge in [0.15, 0.2) is 0 Å². The van der Waals surface area contributed by atoms with E-state index in [2.05, 4.69) is 43.0 Å². The Morgan fingerprint density at radius 3 is 2.63 bits per heavy atom. The predicted molar refractivity (Wildman–Crippen MR) is 81.2 cm³/mol. The molecule has 6 nitrogen and oxygen atoms in total. The van der Waals surface area contributed by atoms with E-state index in [0.717, 1.165) is 9.26 Å². The number of hydrogen-bond donors (Lipinski definition) is 2. The number of nitrogens with zero attached hydrogens (tertiary/aromatic N) is 4.